The van der Waals surface area contributed by atoms with E-state index in [0.29, 0.717) is 11.3 Å². The number of anilines is 1. The second kappa shape index (κ2) is 5.89. The van der Waals surface area contributed by atoms with E-state index in [1.165, 1.54) is 4.88 Å². The molecular weight excluding hydrogens is 312 g/mol. The Morgan fingerprint density at radius 2 is 2.28 bits per heavy atom. The van der Waals surface area contributed by atoms with Crippen molar-refractivity contribution in [1.29, 1.82) is 5.26 Å². The van der Waals surface area contributed by atoms with Crippen molar-refractivity contribution in [2.24, 2.45) is 0 Å². The van der Waals surface area contributed by atoms with Crippen molar-refractivity contribution in [1.82, 2.24) is 0 Å². The number of ether oxygens (including phenoxy) is 1. The average molecular weight is 323 g/mol. The average Bonchev–Trinajstić information content (AvgIpc) is 2.81. The molecule has 1 aromatic carbocycles. The Morgan fingerprint density at radius 3 is 2.89 bits per heavy atom. The lowest BCUT2D eigenvalue weighted by atomic mass is 10.2. The highest BCUT2D eigenvalue weighted by atomic mass is 79.9. The fraction of sp³-hybridized carbons (Fsp3) is 0.154. The first-order valence-electron chi connectivity index (χ1n) is 5.28. The molecule has 0 spiro atoms. The van der Waals surface area contributed by atoms with Crippen LogP contribution in [0.25, 0.3) is 0 Å². The molecule has 18 heavy (non-hydrogen) atoms. The van der Waals surface area contributed by atoms with Gasteiger partial charge in [0.1, 0.15) is 5.75 Å². The molecule has 0 unspecified atom stereocenters. The van der Waals surface area contributed by atoms with Crippen LogP contribution in [0.5, 0.6) is 5.75 Å². The molecule has 0 bridgehead atoms. The molecule has 0 saturated heterocycles. The highest BCUT2D eigenvalue weighted by Crippen LogP contribution is 2.28. The normalized spacial score (nSPS) is 9.83. The monoisotopic (exact) mass is 322 g/mol. The molecular formula is C13H11BrN2OS. The maximum atomic E-state index is 8.83. The number of hydrogen-bond donors (Lipinski definition) is 1. The number of nitrogens with zero attached hydrogens (tertiary/aromatic N) is 1. The van der Waals surface area contributed by atoms with Crippen LogP contribution in [0, 0.1) is 11.3 Å². The topological polar surface area (TPSA) is 45.0 Å². The van der Waals surface area contributed by atoms with Gasteiger partial charge in [-0.15, -0.1) is 11.3 Å². The summed E-state index contributed by atoms with van der Waals surface area (Å²) in [7, 11) is 1.60. The van der Waals surface area contributed by atoms with Crippen molar-refractivity contribution < 1.29 is 4.74 Å². The van der Waals surface area contributed by atoms with Gasteiger partial charge in [-0.25, -0.2) is 0 Å². The van der Waals surface area contributed by atoms with Crippen LogP contribution < -0.4 is 10.1 Å². The number of halogens is 1. The van der Waals surface area contributed by atoms with E-state index in [1.807, 2.05) is 17.5 Å². The highest BCUT2D eigenvalue weighted by molar-refractivity contribution is 9.10. The molecule has 0 radical (unpaired) electrons. The molecule has 0 aliphatic rings. The minimum absolute atomic E-state index is 0.592. The van der Waals surface area contributed by atoms with Gasteiger partial charge < -0.3 is 10.1 Å². The van der Waals surface area contributed by atoms with Crippen molar-refractivity contribution in [3.63, 3.8) is 0 Å². The summed E-state index contributed by atoms with van der Waals surface area (Å²) in [5.41, 5.74) is 1.48. The van der Waals surface area contributed by atoms with Gasteiger partial charge in [-0.3, -0.25) is 0 Å². The number of methoxy groups -OCH3 is 1. The third-order valence-electron chi connectivity index (χ3n) is 2.46. The summed E-state index contributed by atoms with van der Waals surface area (Å²) < 4.78 is 6.37. The Bertz CT molecular complexity index is 589. The smallest absolute Gasteiger partial charge is 0.143 e. The van der Waals surface area contributed by atoms with Gasteiger partial charge in [0.2, 0.25) is 0 Å². The van der Waals surface area contributed by atoms with Crippen LogP contribution in [-0.4, -0.2) is 7.11 Å². The fourth-order valence-electron chi connectivity index (χ4n) is 1.53. The quantitative estimate of drug-likeness (QED) is 0.925. The van der Waals surface area contributed by atoms with Gasteiger partial charge in [-0.2, -0.15) is 5.26 Å². The zero-order valence-electron chi connectivity index (χ0n) is 9.74. The molecule has 2 rings (SSSR count). The summed E-state index contributed by atoms with van der Waals surface area (Å²) in [5.74, 6) is 0.682. The fourth-order valence-corrected chi connectivity index (χ4v) is 2.97. The SMILES string of the molecule is COc1cc(C#N)ccc1NCc1sccc1Br. The molecule has 1 heterocycles. The van der Waals surface area contributed by atoms with E-state index in [0.717, 1.165) is 16.7 Å². The molecule has 5 heteroatoms. The van der Waals surface area contributed by atoms with E-state index < -0.39 is 0 Å². The van der Waals surface area contributed by atoms with E-state index in [1.54, 1.807) is 30.6 Å². The van der Waals surface area contributed by atoms with Crippen LogP contribution in [0.3, 0.4) is 0 Å². The molecule has 1 N–H and O–H groups in total. The van der Waals surface area contributed by atoms with E-state index >= 15 is 0 Å². The Hall–Kier alpha value is -1.51. The second-order valence-corrected chi connectivity index (χ2v) is 5.43. The molecule has 0 aliphatic carbocycles. The van der Waals surface area contributed by atoms with Crippen LogP contribution in [0.15, 0.2) is 34.1 Å². The second-order valence-electron chi connectivity index (χ2n) is 3.57. The first-order valence-corrected chi connectivity index (χ1v) is 6.95. The summed E-state index contributed by atoms with van der Waals surface area (Å²) in [4.78, 5) is 1.22. The van der Waals surface area contributed by atoms with Gasteiger partial charge >= 0.3 is 0 Å². The first-order chi connectivity index (χ1) is 8.74. The molecule has 0 atom stereocenters. The standard InChI is InChI=1S/C13H11BrN2OS/c1-17-12-6-9(7-15)2-3-11(12)16-8-13-10(14)4-5-18-13/h2-6,16H,8H2,1H3. The summed E-state index contributed by atoms with van der Waals surface area (Å²) in [5, 5.41) is 14.2. The zero-order valence-corrected chi connectivity index (χ0v) is 12.1. The Labute approximate surface area is 118 Å². The summed E-state index contributed by atoms with van der Waals surface area (Å²) >= 11 is 5.18. The predicted octanol–water partition coefficient (Wildman–Crippen LogP) is 4.00. The van der Waals surface area contributed by atoms with Crippen molar-refractivity contribution >= 4 is 33.0 Å². The lowest BCUT2D eigenvalue weighted by molar-refractivity contribution is 0.416. The Morgan fingerprint density at radius 1 is 1.44 bits per heavy atom. The summed E-state index contributed by atoms with van der Waals surface area (Å²) in [6.07, 6.45) is 0. The lowest BCUT2D eigenvalue weighted by Crippen LogP contribution is -2.00. The van der Waals surface area contributed by atoms with Gasteiger partial charge in [0, 0.05) is 15.4 Å². The highest BCUT2D eigenvalue weighted by Gasteiger charge is 2.06. The lowest BCUT2D eigenvalue weighted by Gasteiger charge is -2.10. The van der Waals surface area contributed by atoms with Crippen molar-refractivity contribution in [2.45, 2.75) is 6.54 Å². The third kappa shape index (κ3) is 2.84. The molecule has 0 saturated carbocycles. The van der Waals surface area contributed by atoms with Crippen LogP contribution in [0.1, 0.15) is 10.4 Å². The first kappa shape index (κ1) is 12.9. The molecule has 3 nitrogen and oxygen atoms in total. The van der Waals surface area contributed by atoms with Gasteiger partial charge in [-0.1, -0.05) is 0 Å². The maximum absolute atomic E-state index is 8.83. The van der Waals surface area contributed by atoms with Crippen molar-refractivity contribution in [3.05, 3.63) is 44.6 Å². The molecule has 0 amide bonds. The maximum Gasteiger partial charge on any atom is 0.143 e. The Balaban J connectivity index is 2.15. The summed E-state index contributed by atoms with van der Waals surface area (Å²) in [6, 6.07) is 9.48. The van der Waals surface area contributed by atoms with Crippen LogP contribution in [0.2, 0.25) is 0 Å². The van der Waals surface area contributed by atoms with E-state index in [2.05, 4.69) is 27.3 Å². The van der Waals surface area contributed by atoms with Gasteiger partial charge in [-0.05, 0) is 39.5 Å². The van der Waals surface area contributed by atoms with Crippen LogP contribution >= 0.6 is 27.3 Å². The molecule has 92 valence electrons. The number of nitriles is 1. The van der Waals surface area contributed by atoms with Gasteiger partial charge in [0.05, 0.1) is 31.0 Å². The molecule has 2 aromatic rings. The number of thiophene rings is 1. The summed E-state index contributed by atoms with van der Waals surface area (Å²) in [6.45, 7) is 0.723. The number of rotatable bonds is 4. The number of hydrogen-bond acceptors (Lipinski definition) is 4. The predicted molar refractivity (Wildman–Crippen MR) is 77.1 cm³/mol. The van der Waals surface area contributed by atoms with E-state index in [-0.39, 0.29) is 0 Å². The number of benzene rings is 1. The minimum atomic E-state index is 0.592. The Kier molecular flexibility index (Phi) is 4.24. The van der Waals surface area contributed by atoms with Crippen molar-refractivity contribution in [2.75, 3.05) is 12.4 Å². The minimum Gasteiger partial charge on any atom is -0.495 e. The van der Waals surface area contributed by atoms with Crippen molar-refractivity contribution in [3.8, 4) is 11.8 Å². The number of nitrogens with one attached hydrogen (secondary N) is 1. The van der Waals surface area contributed by atoms with E-state index in [4.69, 9.17) is 10.00 Å². The van der Waals surface area contributed by atoms with E-state index in [9.17, 15) is 0 Å². The van der Waals surface area contributed by atoms with Gasteiger partial charge in [0.15, 0.2) is 0 Å². The zero-order chi connectivity index (χ0) is 13.0. The molecule has 0 aliphatic heterocycles. The van der Waals surface area contributed by atoms with Crippen LogP contribution in [-0.2, 0) is 6.54 Å². The third-order valence-corrected chi connectivity index (χ3v) is 4.39. The van der Waals surface area contributed by atoms with Gasteiger partial charge in [0.25, 0.3) is 0 Å². The molecule has 1 aromatic heterocycles. The molecule has 0 fully saturated rings. The largest absolute Gasteiger partial charge is 0.495 e. The van der Waals surface area contributed by atoms with Crippen LogP contribution in [0.4, 0.5) is 5.69 Å².